The summed E-state index contributed by atoms with van der Waals surface area (Å²) in [4.78, 5) is 38.9. The first-order chi connectivity index (χ1) is 12.4. The van der Waals surface area contributed by atoms with Crippen molar-refractivity contribution in [3.05, 3.63) is 40.6 Å². The number of piperazine rings is 1. The van der Waals surface area contributed by atoms with Gasteiger partial charge in [-0.3, -0.25) is 9.59 Å². The molecule has 1 saturated heterocycles. The Morgan fingerprint density at radius 1 is 1.19 bits per heavy atom. The average Bonchev–Trinajstić information content (AvgIpc) is 2.63. The zero-order valence-corrected chi connectivity index (χ0v) is 15.3. The lowest BCUT2D eigenvalue weighted by Crippen LogP contribution is -2.50. The number of aryl methyl sites for hydroxylation is 1. The predicted molar refractivity (Wildman–Crippen MR) is 98.4 cm³/mol. The van der Waals surface area contributed by atoms with Crippen LogP contribution in [0.1, 0.15) is 5.82 Å². The van der Waals surface area contributed by atoms with Gasteiger partial charge in [0.05, 0.1) is 0 Å². The van der Waals surface area contributed by atoms with E-state index in [0.29, 0.717) is 26.2 Å². The van der Waals surface area contributed by atoms with Gasteiger partial charge in [-0.2, -0.15) is 5.10 Å². The minimum absolute atomic E-state index is 0.0307. The molecule has 0 radical (unpaired) electrons. The van der Waals surface area contributed by atoms with Crippen molar-refractivity contribution < 1.29 is 4.79 Å². The van der Waals surface area contributed by atoms with Gasteiger partial charge in [-0.1, -0.05) is 0 Å². The Morgan fingerprint density at radius 2 is 1.92 bits per heavy atom. The standard InChI is InChI=1S/C17H23N7O2/c1-13-19-14(21(2)3)11-15(20-13)22-7-9-23(10-8-22)17(26)12-24-16(25)5-4-6-18-24/h4-6,11H,7-10,12H2,1-3H3. The van der Waals surface area contributed by atoms with E-state index in [1.807, 2.05) is 32.0 Å². The average molecular weight is 357 g/mol. The van der Waals surface area contributed by atoms with Crippen molar-refractivity contribution in [2.45, 2.75) is 13.5 Å². The third-order valence-electron chi connectivity index (χ3n) is 4.30. The van der Waals surface area contributed by atoms with E-state index >= 15 is 0 Å². The molecular formula is C17H23N7O2. The molecule has 0 spiro atoms. The van der Waals surface area contributed by atoms with Crippen LogP contribution in [0.25, 0.3) is 0 Å². The Labute approximate surface area is 151 Å². The number of amides is 1. The minimum Gasteiger partial charge on any atom is -0.363 e. The molecule has 3 rings (SSSR count). The normalized spacial score (nSPS) is 14.4. The second-order valence-corrected chi connectivity index (χ2v) is 6.41. The third kappa shape index (κ3) is 3.98. The SMILES string of the molecule is Cc1nc(N(C)C)cc(N2CCN(C(=O)Cn3ncccc3=O)CC2)n1. The van der Waals surface area contributed by atoms with Crippen LogP contribution in [-0.2, 0) is 11.3 Å². The fraction of sp³-hybridized carbons (Fsp3) is 0.471. The molecule has 9 nitrogen and oxygen atoms in total. The highest BCUT2D eigenvalue weighted by Gasteiger charge is 2.23. The molecular weight excluding hydrogens is 334 g/mol. The van der Waals surface area contributed by atoms with Crippen molar-refractivity contribution in [1.82, 2.24) is 24.6 Å². The maximum atomic E-state index is 12.4. The molecule has 9 heteroatoms. The van der Waals surface area contributed by atoms with Crippen LogP contribution in [0.15, 0.2) is 29.2 Å². The van der Waals surface area contributed by atoms with Gasteiger partial charge in [0.25, 0.3) is 5.56 Å². The van der Waals surface area contributed by atoms with E-state index in [1.54, 1.807) is 11.0 Å². The summed E-state index contributed by atoms with van der Waals surface area (Å²) in [6, 6.07) is 4.92. The first kappa shape index (κ1) is 17.8. The second kappa shape index (κ2) is 7.51. The van der Waals surface area contributed by atoms with Crippen LogP contribution in [0.2, 0.25) is 0 Å². The van der Waals surface area contributed by atoms with Crippen molar-refractivity contribution >= 4 is 17.5 Å². The van der Waals surface area contributed by atoms with Gasteiger partial charge in [0.2, 0.25) is 5.91 Å². The van der Waals surface area contributed by atoms with Gasteiger partial charge in [-0.25, -0.2) is 14.6 Å². The number of carbonyl (C=O) groups is 1. The van der Waals surface area contributed by atoms with Crippen LogP contribution < -0.4 is 15.4 Å². The highest BCUT2D eigenvalue weighted by molar-refractivity contribution is 5.76. The Hall–Kier alpha value is -2.97. The highest BCUT2D eigenvalue weighted by Crippen LogP contribution is 2.19. The monoisotopic (exact) mass is 357 g/mol. The summed E-state index contributed by atoms with van der Waals surface area (Å²) in [6.45, 7) is 4.39. The van der Waals surface area contributed by atoms with Crippen LogP contribution in [0, 0.1) is 6.92 Å². The first-order valence-corrected chi connectivity index (χ1v) is 8.52. The van der Waals surface area contributed by atoms with E-state index in [9.17, 15) is 9.59 Å². The molecule has 0 aliphatic carbocycles. The number of rotatable bonds is 4. The molecule has 2 aromatic heterocycles. The molecule has 26 heavy (non-hydrogen) atoms. The lowest BCUT2D eigenvalue weighted by molar-refractivity contribution is -0.132. The molecule has 1 aliphatic rings. The summed E-state index contributed by atoms with van der Waals surface area (Å²) in [6.07, 6.45) is 1.51. The van der Waals surface area contributed by atoms with Gasteiger partial charge >= 0.3 is 0 Å². The van der Waals surface area contributed by atoms with E-state index in [-0.39, 0.29) is 18.0 Å². The number of anilines is 2. The highest BCUT2D eigenvalue weighted by atomic mass is 16.2. The summed E-state index contributed by atoms with van der Waals surface area (Å²) in [7, 11) is 3.89. The fourth-order valence-corrected chi connectivity index (χ4v) is 2.85. The van der Waals surface area contributed by atoms with Gasteiger partial charge in [-0.05, 0) is 13.0 Å². The number of carbonyl (C=O) groups excluding carboxylic acids is 1. The third-order valence-corrected chi connectivity index (χ3v) is 4.30. The molecule has 1 amide bonds. The Kier molecular flexibility index (Phi) is 5.15. The van der Waals surface area contributed by atoms with Crippen LogP contribution in [0.3, 0.4) is 0 Å². The topological polar surface area (TPSA) is 87.5 Å². The Morgan fingerprint density at radius 3 is 2.58 bits per heavy atom. The molecule has 0 saturated carbocycles. The van der Waals surface area contributed by atoms with E-state index in [4.69, 9.17) is 0 Å². The van der Waals surface area contributed by atoms with Crippen molar-refractivity contribution in [1.29, 1.82) is 0 Å². The zero-order valence-electron chi connectivity index (χ0n) is 15.3. The van der Waals surface area contributed by atoms with E-state index in [2.05, 4.69) is 20.0 Å². The lowest BCUT2D eigenvalue weighted by atomic mass is 10.3. The van der Waals surface area contributed by atoms with Crippen LogP contribution in [0.4, 0.5) is 11.6 Å². The number of aromatic nitrogens is 4. The van der Waals surface area contributed by atoms with E-state index < -0.39 is 0 Å². The van der Waals surface area contributed by atoms with Crippen molar-refractivity contribution in [3.63, 3.8) is 0 Å². The molecule has 2 aromatic rings. The molecule has 0 aromatic carbocycles. The molecule has 0 unspecified atom stereocenters. The van der Waals surface area contributed by atoms with Crippen LogP contribution in [-0.4, -0.2) is 70.8 Å². The van der Waals surface area contributed by atoms with Crippen molar-refractivity contribution in [2.24, 2.45) is 0 Å². The first-order valence-electron chi connectivity index (χ1n) is 8.52. The van der Waals surface area contributed by atoms with E-state index in [1.165, 1.54) is 16.9 Å². The summed E-state index contributed by atoms with van der Waals surface area (Å²) < 4.78 is 1.19. The largest absolute Gasteiger partial charge is 0.363 e. The number of hydrogen-bond acceptors (Lipinski definition) is 7. The maximum absolute atomic E-state index is 12.4. The van der Waals surface area contributed by atoms with Gasteiger partial charge in [-0.15, -0.1) is 0 Å². The minimum atomic E-state index is -0.271. The summed E-state index contributed by atoms with van der Waals surface area (Å²) in [5, 5.41) is 3.94. The zero-order chi connectivity index (χ0) is 18.7. The number of nitrogens with zero attached hydrogens (tertiary/aromatic N) is 7. The van der Waals surface area contributed by atoms with Gasteiger partial charge in [0, 0.05) is 58.6 Å². The summed E-state index contributed by atoms with van der Waals surface area (Å²) in [5.41, 5.74) is -0.271. The van der Waals surface area contributed by atoms with Crippen LogP contribution >= 0.6 is 0 Å². The molecule has 0 atom stereocenters. The molecule has 0 N–H and O–H groups in total. The van der Waals surface area contributed by atoms with Gasteiger partial charge in [0.1, 0.15) is 24.0 Å². The molecule has 3 heterocycles. The van der Waals surface area contributed by atoms with Crippen LogP contribution in [0.5, 0.6) is 0 Å². The molecule has 1 fully saturated rings. The fourth-order valence-electron chi connectivity index (χ4n) is 2.85. The van der Waals surface area contributed by atoms with Gasteiger partial charge in [0.15, 0.2) is 0 Å². The second-order valence-electron chi connectivity index (χ2n) is 6.41. The number of hydrogen-bond donors (Lipinski definition) is 0. The summed E-state index contributed by atoms with van der Waals surface area (Å²) in [5.74, 6) is 2.35. The Balaban J connectivity index is 1.63. The summed E-state index contributed by atoms with van der Waals surface area (Å²) >= 11 is 0. The Bertz CT molecular complexity index is 841. The maximum Gasteiger partial charge on any atom is 0.267 e. The quantitative estimate of drug-likeness (QED) is 0.746. The lowest BCUT2D eigenvalue weighted by Gasteiger charge is -2.35. The van der Waals surface area contributed by atoms with Gasteiger partial charge < -0.3 is 14.7 Å². The predicted octanol–water partition coefficient (Wildman–Crippen LogP) is -0.243. The molecule has 0 bridgehead atoms. The smallest absolute Gasteiger partial charge is 0.267 e. The van der Waals surface area contributed by atoms with Crippen molar-refractivity contribution in [2.75, 3.05) is 50.1 Å². The van der Waals surface area contributed by atoms with E-state index in [0.717, 1.165) is 17.5 Å². The molecule has 1 aliphatic heterocycles. The van der Waals surface area contributed by atoms with Crippen molar-refractivity contribution in [3.8, 4) is 0 Å². The molecule has 138 valence electrons.